The van der Waals surface area contributed by atoms with Crippen LogP contribution in [0.4, 0.5) is 0 Å². The summed E-state index contributed by atoms with van der Waals surface area (Å²) in [5, 5.41) is 12.6. The molecule has 140 valence electrons. The van der Waals surface area contributed by atoms with Gasteiger partial charge >= 0.3 is 0 Å². The zero-order chi connectivity index (χ0) is 18.6. The average Bonchev–Trinajstić information content (AvgIpc) is 3.14. The minimum Gasteiger partial charge on any atom is -0.480 e. The molecule has 1 saturated heterocycles. The topological polar surface area (TPSA) is 85.5 Å². The molecule has 1 atom stereocenters. The predicted molar refractivity (Wildman–Crippen MR) is 98.2 cm³/mol. The molecule has 0 aromatic carbocycles. The van der Waals surface area contributed by atoms with Crippen LogP contribution in [0.2, 0.25) is 0 Å². The molecule has 8 heteroatoms. The van der Waals surface area contributed by atoms with E-state index in [1.165, 1.54) is 0 Å². The van der Waals surface area contributed by atoms with Crippen molar-refractivity contribution in [1.82, 2.24) is 29.7 Å². The van der Waals surface area contributed by atoms with Crippen molar-refractivity contribution < 1.29 is 9.53 Å². The SMILES string of the molecule is COc1ccc2nnc(CCC(=O)N3CCCCC3c3cccnc3)n2n1. The highest BCUT2D eigenvalue weighted by atomic mass is 16.5. The second-order valence-electron chi connectivity index (χ2n) is 6.65. The third-order valence-electron chi connectivity index (χ3n) is 4.97. The molecule has 3 aromatic heterocycles. The molecule has 0 radical (unpaired) electrons. The fourth-order valence-corrected chi connectivity index (χ4v) is 3.59. The van der Waals surface area contributed by atoms with Crippen molar-refractivity contribution in [3.63, 3.8) is 0 Å². The Labute approximate surface area is 157 Å². The lowest BCUT2D eigenvalue weighted by molar-refractivity contribution is -0.135. The van der Waals surface area contributed by atoms with Crippen molar-refractivity contribution in [3.05, 3.63) is 48.0 Å². The Balaban J connectivity index is 1.48. The van der Waals surface area contributed by atoms with E-state index in [9.17, 15) is 4.79 Å². The van der Waals surface area contributed by atoms with Crippen LogP contribution < -0.4 is 4.74 Å². The first-order valence-corrected chi connectivity index (χ1v) is 9.21. The van der Waals surface area contributed by atoms with E-state index in [0.29, 0.717) is 30.2 Å². The molecular weight excluding hydrogens is 344 g/mol. The van der Waals surface area contributed by atoms with Gasteiger partial charge in [0, 0.05) is 37.8 Å². The third-order valence-corrected chi connectivity index (χ3v) is 4.97. The lowest BCUT2D eigenvalue weighted by atomic mass is 9.96. The first-order chi connectivity index (χ1) is 13.3. The maximum atomic E-state index is 12.9. The van der Waals surface area contributed by atoms with Crippen LogP contribution >= 0.6 is 0 Å². The van der Waals surface area contributed by atoms with Crippen LogP contribution in [0.3, 0.4) is 0 Å². The number of nitrogens with zero attached hydrogens (tertiary/aromatic N) is 6. The van der Waals surface area contributed by atoms with Gasteiger partial charge in [0.2, 0.25) is 11.8 Å². The molecule has 0 saturated carbocycles. The number of methoxy groups -OCH3 is 1. The highest BCUT2D eigenvalue weighted by Gasteiger charge is 2.28. The van der Waals surface area contributed by atoms with E-state index in [-0.39, 0.29) is 11.9 Å². The average molecular weight is 366 g/mol. The number of fused-ring (bicyclic) bond motifs is 1. The summed E-state index contributed by atoms with van der Waals surface area (Å²) in [5.74, 6) is 1.28. The number of hydrogen-bond donors (Lipinski definition) is 0. The zero-order valence-electron chi connectivity index (χ0n) is 15.3. The summed E-state index contributed by atoms with van der Waals surface area (Å²) in [7, 11) is 1.57. The summed E-state index contributed by atoms with van der Waals surface area (Å²) in [6.45, 7) is 0.783. The van der Waals surface area contributed by atoms with Gasteiger partial charge in [-0.3, -0.25) is 9.78 Å². The Morgan fingerprint density at radius 3 is 3.00 bits per heavy atom. The van der Waals surface area contributed by atoms with Gasteiger partial charge < -0.3 is 9.64 Å². The van der Waals surface area contributed by atoms with Gasteiger partial charge in [-0.1, -0.05) is 6.07 Å². The maximum Gasteiger partial charge on any atom is 0.231 e. The summed E-state index contributed by atoms with van der Waals surface area (Å²) in [6.07, 6.45) is 7.61. The van der Waals surface area contributed by atoms with Gasteiger partial charge in [0.15, 0.2) is 11.5 Å². The van der Waals surface area contributed by atoms with Crippen LogP contribution in [0.15, 0.2) is 36.7 Å². The number of pyridine rings is 1. The number of amides is 1. The predicted octanol–water partition coefficient (Wildman–Crippen LogP) is 2.21. The van der Waals surface area contributed by atoms with Crippen molar-refractivity contribution in [2.75, 3.05) is 13.7 Å². The Morgan fingerprint density at radius 1 is 1.26 bits per heavy atom. The van der Waals surface area contributed by atoms with Crippen molar-refractivity contribution in [2.24, 2.45) is 0 Å². The number of aromatic nitrogens is 5. The van der Waals surface area contributed by atoms with Crippen LogP contribution in [0.5, 0.6) is 5.88 Å². The molecular formula is C19H22N6O2. The largest absolute Gasteiger partial charge is 0.480 e. The highest BCUT2D eigenvalue weighted by Crippen LogP contribution is 2.31. The molecule has 4 heterocycles. The smallest absolute Gasteiger partial charge is 0.231 e. The van der Waals surface area contributed by atoms with Gasteiger partial charge in [-0.2, -0.15) is 4.52 Å². The fourth-order valence-electron chi connectivity index (χ4n) is 3.59. The molecule has 1 amide bonds. The van der Waals surface area contributed by atoms with E-state index in [0.717, 1.165) is 31.4 Å². The number of carbonyl (C=O) groups excluding carboxylic acids is 1. The molecule has 1 unspecified atom stereocenters. The molecule has 0 bridgehead atoms. The summed E-state index contributed by atoms with van der Waals surface area (Å²) < 4.78 is 6.80. The molecule has 1 aliphatic heterocycles. The van der Waals surface area contributed by atoms with E-state index in [2.05, 4.69) is 20.3 Å². The minimum absolute atomic E-state index is 0.105. The number of piperidine rings is 1. The second-order valence-corrected chi connectivity index (χ2v) is 6.65. The number of aryl methyl sites for hydroxylation is 1. The van der Waals surface area contributed by atoms with E-state index in [4.69, 9.17) is 4.74 Å². The monoisotopic (exact) mass is 366 g/mol. The maximum absolute atomic E-state index is 12.9. The zero-order valence-corrected chi connectivity index (χ0v) is 15.3. The van der Waals surface area contributed by atoms with Gasteiger partial charge in [-0.05, 0) is 37.0 Å². The van der Waals surface area contributed by atoms with E-state index in [1.54, 1.807) is 30.0 Å². The first-order valence-electron chi connectivity index (χ1n) is 9.21. The highest BCUT2D eigenvalue weighted by molar-refractivity contribution is 5.77. The van der Waals surface area contributed by atoms with Crippen molar-refractivity contribution in [3.8, 4) is 5.88 Å². The Kier molecular flexibility index (Phi) is 4.95. The Bertz CT molecular complexity index is 926. The van der Waals surface area contributed by atoms with Gasteiger partial charge in [0.05, 0.1) is 13.2 Å². The molecule has 27 heavy (non-hydrogen) atoms. The number of hydrogen-bond acceptors (Lipinski definition) is 6. The Hall–Kier alpha value is -3.03. The summed E-state index contributed by atoms with van der Waals surface area (Å²) in [4.78, 5) is 19.1. The van der Waals surface area contributed by atoms with Crippen LogP contribution in [0, 0.1) is 0 Å². The summed E-state index contributed by atoms with van der Waals surface area (Å²) >= 11 is 0. The third kappa shape index (κ3) is 3.60. The van der Waals surface area contributed by atoms with E-state index >= 15 is 0 Å². The molecule has 1 aliphatic rings. The molecule has 8 nitrogen and oxygen atoms in total. The lowest BCUT2D eigenvalue weighted by Crippen LogP contribution is -2.38. The van der Waals surface area contributed by atoms with Crippen LogP contribution in [-0.4, -0.2) is 49.3 Å². The van der Waals surface area contributed by atoms with Gasteiger partial charge in [0.1, 0.15) is 0 Å². The number of rotatable bonds is 5. The second kappa shape index (κ2) is 7.69. The van der Waals surface area contributed by atoms with E-state index < -0.39 is 0 Å². The molecule has 4 rings (SSSR count). The first kappa shape index (κ1) is 17.4. The Morgan fingerprint density at radius 2 is 2.19 bits per heavy atom. The number of carbonyl (C=O) groups is 1. The van der Waals surface area contributed by atoms with E-state index in [1.807, 2.05) is 23.2 Å². The molecule has 0 aliphatic carbocycles. The quantitative estimate of drug-likeness (QED) is 0.688. The van der Waals surface area contributed by atoms with Gasteiger partial charge in [-0.25, -0.2) is 0 Å². The minimum atomic E-state index is 0.105. The van der Waals surface area contributed by atoms with Crippen LogP contribution in [-0.2, 0) is 11.2 Å². The molecule has 0 N–H and O–H groups in total. The fraction of sp³-hybridized carbons (Fsp3) is 0.421. The van der Waals surface area contributed by atoms with Gasteiger partial charge in [-0.15, -0.1) is 15.3 Å². The summed E-state index contributed by atoms with van der Waals surface area (Å²) in [5.41, 5.74) is 1.74. The van der Waals surface area contributed by atoms with Crippen molar-refractivity contribution in [2.45, 2.75) is 38.1 Å². The van der Waals surface area contributed by atoms with Gasteiger partial charge in [0.25, 0.3) is 0 Å². The summed E-state index contributed by atoms with van der Waals surface area (Å²) in [6, 6.07) is 7.62. The lowest BCUT2D eigenvalue weighted by Gasteiger charge is -2.36. The molecule has 3 aromatic rings. The molecule has 0 spiro atoms. The van der Waals surface area contributed by atoms with Crippen LogP contribution in [0.25, 0.3) is 5.65 Å². The normalized spacial score (nSPS) is 17.2. The number of ether oxygens (including phenoxy) is 1. The van der Waals surface area contributed by atoms with Crippen molar-refractivity contribution in [1.29, 1.82) is 0 Å². The number of likely N-dealkylation sites (tertiary alicyclic amines) is 1. The standard InChI is InChI=1S/C19H22N6O2/c1-27-18-9-7-16-21-22-17(25(16)23-18)8-10-19(26)24-12-3-2-6-15(24)14-5-4-11-20-13-14/h4-5,7,9,11,13,15H,2-3,6,8,10,12H2,1H3. The molecule has 1 fully saturated rings. The van der Waals surface area contributed by atoms with Crippen LogP contribution in [0.1, 0.15) is 43.1 Å². The van der Waals surface area contributed by atoms with Crippen molar-refractivity contribution >= 4 is 11.6 Å².